The standard InChI is InChI=1S/C9H15O2/c1-5-9(10)11-6-8(4)7(2)3/h5,8H,1,6H2,2-4H3. The number of carbonyl (C=O) groups is 1. The van der Waals surface area contributed by atoms with Crippen molar-refractivity contribution in [2.75, 3.05) is 6.61 Å². The number of hydrogen-bond donors (Lipinski definition) is 0. The van der Waals surface area contributed by atoms with Crippen molar-refractivity contribution in [2.24, 2.45) is 5.92 Å². The first kappa shape index (κ1) is 10.2. The van der Waals surface area contributed by atoms with Crippen molar-refractivity contribution >= 4 is 5.97 Å². The number of ether oxygens (including phenoxy) is 1. The Morgan fingerprint density at radius 2 is 2.18 bits per heavy atom. The van der Waals surface area contributed by atoms with Crippen LogP contribution in [0.3, 0.4) is 0 Å². The predicted octanol–water partition coefficient (Wildman–Crippen LogP) is 1.97. The Labute approximate surface area is 68.2 Å². The molecule has 1 radical (unpaired) electrons. The lowest BCUT2D eigenvalue weighted by Crippen LogP contribution is -2.13. The number of esters is 1. The van der Waals surface area contributed by atoms with E-state index in [9.17, 15) is 4.79 Å². The van der Waals surface area contributed by atoms with E-state index in [0.29, 0.717) is 12.5 Å². The SMILES string of the molecule is C=CC(=O)OCC(C)[C](C)C. The van der Waals surface area contributed by atoms with Crippen LogP contribution in [-0.2, 0) is 9.53 Å². The quantitative estimate of drug-likeness (QED) is 0.458. The van der Waals surface area contributed by atoms with Gasteiger partial charge in [0.2, 0.25) is 0 Å². The second kappa shape index (κ2) is 4.94. The van der Waals surface area contributed by atoms with Gasteiger partial charge in [-0.15, -0.1) is 0 Å². The average Bonchev–Trinajstić information content (AvgIpc) is 1.99. The zero-order valence-corrected chi connectivity index (χ0v) is 7.39. The lowest BCUT2D eigenvalue weighted by Gasteiger charge is -2.13. The summed E-state index contributed by atoms with van der Waals surface area (Å²) in [7, 11) is 0. The highest BCUT2D eigenvalue weighted by Crippen LogP contribution is 2.11. The van der Waals surface area contributed by atoms with Gasteiger partial charge in [0.25, 0.3) is 0 Å². The highest BCUT2D eigenvalue weighted by molar-refractivity contribution is 5.81. The van der Waals surface area contributed by atoms with Crippen LogP contribution >= 0.6 is 0 Å². The molecule has 0 amide bonds. The van der Waals surface area contributed by atoms with E-state index in [2.05, 4.69) is 6.58 Å². The fourth-order valence-electron chi connectivity index (χ4n) is 0.433. The van der Waals surface area contributed by atoms with Crippen molar-refractivity contribution in [1.29, 1.82) is 0 Å². The maximum Gasteiger partial charge on any atom is 0.330 e. The fourth-order valence-corrected chi connectivity index (χ4v) is 0.433. The summed E-state index contributed by atoms with van der Waals surface area (Å²) < 4.78 is 4.84. The third kappa shape index (κ3) is 4.59. The molecule has 0 aliphatic heterocycles. The van der Waals surface area contributed by atoms with Gasteiger partial charge in [0.1, 0.15) is 0 Å². The van der Waals surface area contributed by atoms with Crippen LogP contribution in [0, 0.1) is 11.8 Å². The van der Waals surface area contributed by atoms with Gasteiger partial charge in [-0.2, -0.15) is 0 Å². The first-order valence-electron chi connectivity index (χ1n) is 3.67. The summed E-state index contributed by atoms with van der Waals surface area (Å²) in [6.45, 7) is 9.81. The minimum Gasteiger partial charge on any atom is -0.462 e. The van der Waals surface area contributed by atoms with Crippen LogP contribution in [0.1, 0.15) is 20.8 Å². The Bertz CT molecular complexity index is 138. The summed E-state index contributed by atoms with van der Waals surface area (Å²) in [6.07, 6.45) is 1.18. The number of carbonyl (C=O) groups excluding carboxylic acids is 1. The molecule has 2 heteroatoms. The molecule has 0 rings (SSSR count). The molecule has 0 aliphatic rings. The molecule has 2 nitrogen and oxygen atoms in total. The van der Waals surface area contributed by atoms with Gasteiger partial charge < -0.3 is 4.74 Å². The maximum absolute atomic E-state index is 10.6. The topological polar surface area (TPSA) is 26.3 Å². The summed E-state index contributed by atoms with van der Waals surface area (Å²) in [5.41, 5.74) is 0. The monoisotopic (exact) mass is 155 g/mol. The van der Waals surface area contributed by atoms with Crippen molar-refractivity contribution in [3.8, 4) is 0 Å². The molecule has 0 N–H and O–H groups in total. The van der Waals surface area contributed by atoms with E-state index in [4.69, 9.17) is 4.74 Å². The van der Waals surface area contributed by atoms with Crippen LogP contribution in [0.2, 0.25) is 0 Å². The van der Waals surface area contributed by atoms with Gasteiger partial charge in [-0.25, -0.2) is 4.79 Å². The molecule has 0 aromatic rings. The van der Waals surface area contributed by atoms with Gasteiger partial charge >= 0.3 is 5.97 Å². The third-order valence-corrected chi connectivity index (χ3v) is 1.63. The molecule has 0 saturated heterocycles. The molecule has 1 atom stereocenters. The van der Waals surface area contributed by atoms with E-state index in [-0.39, 0.29) is 5.97 Å². The Kier molecular flexibility index (Phi) is 4.59. The second-order valence-electron chi connectivity index (χ2n) is 2.81. The van der Waals surface area contributed by atoms with Crippen LogP contribution in [0.15, 0.2) is 12.7 Å². The summed E-state index contributed by atoms with van der Waals surface area (Å²) in [6, 6.07) is 0. The second-order valence-corrected chi connectivity index (χ2v) is 2.81. The summed E-state index contributed by atoms with van der Waals surface area (Å²) in [4.78, 5) is 10.6. The number of rotatable bonds is 4. The molecule has 0 aromatic heterocycles. The van der Waals surface area contributed by atoms with E-state index in [1.165, 1.54) is 12.0 Å². The van der Waals surface area contributed by atoms with Gasteiger partial charge in [-0.05, 0) is 11.8 Å². The van der Waals surface area contributed by atoms with E-state index in [1.54, 1.807) is 0 Å². The van der Waals surface area contributed by atoms with E-state index < -0.39 is 0 Å². The first-order chi connectivity index (χ1) is 5.07. The van der Waals surface area contributed by atoms with Crippen molar-refractivity contribution in [3.63, 3.8) is 0 Å². The summed E-state index contributed by atoms with van der Waals surface area (Å²) in [5, 5.41) is 0. The highest BCUT2D eigenvalue weighted by Gasteiger charge is 2.08. The van der Waals surface area contributed by atoms with E-state index in [0.717, 1.165) is 0 Å². The minimum atomic E-state index is -0.349. The van der Waals surface area contributed by atoms with Crippen molar-refractivity contribution in [3.05, 3.63) is 18.6 Å². The molecule has 0 aliphatic carbocycles. The Hall–Kier alpha value is -0.790. The smallest absolute Gasteiger partial charge is 0.330 e. The Morgan fingerprint density at radius 1 is 1.64 bits per heavy atom. The lowest BCUT2D eigenvalue weighted by molar-refractivity contribution is -0.138. The van der Waals surface area contributed by atoms with E-state index in [1.807, 2.05) is 20.8 Å². The minimum absolute atomic E-state index is 0.332. The molecule has 11 heavy (non-hydrogen) atoms. The summed E-state index contributed by atoms with van der Waals surface area (Å²) >= 11 is 0. The summed E-state index contributed by atoms with van der Waals surface area (Å²) in [5.74, 6) is 1.25. The zero-order chi connectivity index (χ0) is 8.85. The van der Waals surface area contributed by atoms with Crippen LogP contribution in [0.4, 0.5) is 0 Å². The van der Waals surface area contributed by atoms with Gasteiger partial charge in [0.05, 0.1) is 6.61 Å². The first-order valence-corrected chi connectivity index (χ1v) is 3.67. The van der Waals surface area contributed by atoms with Crippen LogP contribution in [0.5, 0.6) is 0 Å². The molecule has 0 heterocycles. The van der Waals surface area contributed by atoms with Gasteiger partial charge in [0, 0.05) is 6.08 Å². The fraction of sp³-hybridized carbons (Fsp3) is 0.556. The maximum atomic E-state index is 10.6. The number of hydrogen-bond acceptors (Lipinski definition) is 2. The Morgan fingerprint density at radius 3 is 2.55 bits per heavy atom. The van der Waals surface area contributed by atoms with Gasteiger partial charge in [0.15, 0.2) is 0 Å². The molecule has 0 bridgehead atoms. The molecule has 0 saturated carbocycles. The van der Waals surface area contributed by atoms with Crippen LogP contribution in [-0.4, -0.2) is 12.6 Å². The molecule has 0 aromatic carbocycles. The molecule has 0 fully saturated rings. The average molecular weight is 155 g/mol. The molecule has 0 spiro atoms. The molecule has 63 valence electrons. The van der Waals surface area contributed by atoms with Crippen LogP contribution in [0.25, 0.3) is 0 Å². The van der Waals surface area contributed by atoms with Crippen molar-refractivity contribution < 1.29 is 9.53 Å². The highest BCUT2D eigenvalue weighted by atomic mass is 16.5. The van der Waals surface area contributed by atoms with Gasteiger partial charge in [-0.1, -0.05) is 27.4 Å². The van der Waals surface area contributed by atoms with Gasteiger partial charge in [-0.3, -0.25) is 0 Å². The molecular formula is C9H15O2. The molecule has 1 unspecified atom stereocenters. The normalized spacial score (nSPS) is 12.7. The van der Waals surface area contributed by atoms with Crippen LogP contribution < -0.4 is 0 Å². The third-order valence-electron chi connectivity index (χ3n) is 1.63. The predicted molar refractivity (Wildman–Crippen MR) is 44.9 cm³/mol. The largest absolute Gasteiger partial charge is 0.462 e. The lowest BCUT2D eigenvalue weighted by atomic mass is 9.99. The van der Waals surface area contributed by atoms with Crippen molar-refractivity contribution in [1.82, 2.24) is 0 Å². The molecular weight excluding hydrogens is 140 g/mol. The zero-order valence-electron chi connectivity index (χ0n) is 7.39. The van der Waals surface area contributed by atoms with Crippen molar-refractivity contribution in [2.45, 2.75) is 20.8 Å². The Balaban J connectivity index is 3.53. The van der Waals surface area contributed by atoms with E-state index >= 15 is 0 Å².